The van der Waals surface area contributed by atoms with Crippen molar-refractivity contribution in [3.8, 4) is 11.4 Å². The maximum Gasteiger partial charge on any atom is 0.287 e. The minimum Gasteiger partial charge on any atom is -0.368 e. The number of amides is 1. The fraction of sp³-hybridized carbons (Fsp3) is 0.200. The molecule has 0 spiro atoms. The normalized spacial score (nSPS) is 12.9. The Labute approximate surface area is 95.8 Å². The van der Waals surface area contributed by atoms with Crippen LogP contribution < -0.4 is 11.5 Å². The first-order valence-electron chi connectivity index (χ1n) is 5.07. The summed E-state index contributed by atoms with van der Waals surface area (Å²) in [6.45, 7) is 0. The van der Waals surface area contributed by atoms with Crippen molar-refractivity contribution in [3.63, 3.8) is 0 Å². The lowest BCUT2D eigenvalue weighted by Gasteiger charge is -2.12. The van der Waals surface area contributed by atoms with Gasteiger partial charge in [0.2, 0.25) is 11.7 Å². The van der Waals surface area contributed by atoms with Crippen LogP contribution in [0.15, 0.2) is 10.7 Å². The predicted molar refractivity (Wildman–Crippen MR) is 57.9 cm³/mol. The van der Waals surface area contributed by atoms with Crippen molar-refractivity contribution in [2.24, 2.45) is 5.73 Å². The van der Waals surface area contributed by atoms with Gasteiger partial charge in [-0.05, 0) is 18.4 Å². The number of aryl methyl sites for hydroxylation is 1. The van der Waals surface area contributed by atoms with E-state index in [0.717, 1.165) is 5.56 Å². The number of rotatable bonds is 1. The second-order valence-electron chi connectivity index (χ2n) is 3.81. The van der Waals surface area contributed by atoms with Gasteiger partial charge in [0.25, 0.3) is 5.91 Å². The summed E-state index contributed by atoms with van der Waals surface area (Å²) in [7, 11) is 0. The van der Waals surface area contributed by atoms with E-state index >= 15 is 0 Å². The molecule has 1 aliphatic rings. The monoisotopic (exact) mass is 231 g/mol. The Kier molecular flexibility index (Phi) is 1.88. The Hall–Kier alpha value is -2.44. The van der Waals surface area contributed by atoms with Crippen molar-refractivity contribution >= 4 is 11.9 Å². The number of fused-ring (bicyclic) bond motifs is 3. The van der Waals surface area contributed by atoms with Gasteiger partial charge in [-0.15, -0.1) is 0 Å². The summed E-state index contributed by atoms with van der Waals surface area (Å²) in [5.74, 6) is -0.354. The molecule has 7 nitrogen and oxygen atoms in total. The minimum atomic E-state index is -0.621. The van der Waals surface area contributed by atoms with Crippen LogP contribution in [0, 0.1) is 0 Å². The molecular weight excluding hydrogens is 222 g/mol. The van der Waals surface area contributed by atoms with Crippen LogP contribution in [-0.4, -0.2) is 21.0 Å². The van der Waals surface area contributed by atoms with Crippen molar-refractivity contribution in [3.05, 3.63) is 23.1 Å². The molecule has 0 bridgehead atoms. The highest BCUT2D eigenvalue weighted by molar-refractivity contribution is 5.93. The van der Waals surface area contributed by atoms with Gasteiger partial charge in [0.05, 0.1) is 0 Å². The third kappa shape index (κ3) is 1.36. The number of aromatic nitrogens is 3. The molecule has 2 aromatic rings. The number of hydrogen-bond donors (Lipinski definition) is 2. The second kappa shape index (κ2) is 3.27. The number of nitrogens with zero attached hydrogens (tertiary/aromatic N) is 3. The van der Waals surface area contributed by atoms with E-state index in [-0.39, 0.29) is 11.7 Å². The van der Waals surface area contributed by atoms with Crippen LogP contribution in [0.1, 0.15) is 21.7 Å². The van der Waals surface area contributed by atoms with Crippen LogP contribution in [0.4, 0.5) is 5.95 Å². The Morgan fingerprint density at radius 3 is 2.94 bits per heavy atom. The highest BCUT2D eigenvalue weighted by Gasteiger charge is 2.27. The van der Waals surface area contributed by atoms with Crippen molar-refractivity contribution < 1.29 is 9.32 Å². The van der Waals surface area contributed by atoms with E-state index in [1.807, 2.05) is 0 Å². The Bertz CT molecular complexity index is 619. The van der Waals surface area contributed by atoms with E-state index in [9.17, 15) is 4.79 Å². The number of nitrogen functional groups attached to an aromatic ring is 1. The second-order valence-corrected chi connectivity index (χ2v) is 3.81. The number of carbonyl (C=O) groups is 1. The highest BCUT2D eigenvalue weighted by Crippen LogP contribution is 2.32. The maximum atomic E-state index is 11.1. The van der Waals surface area contributed by atoms with Gasteiger partial charge in [0, 0.05) is 11.8 Å². The molecule has 0 radical (unpaired) electrons. The van der Waals surface area contributed by atoms with E-state index < -0.39 is 5.91 Å². The standard InChI is InChI=1S/C10H9N5O2/c11-9(16)8-5-2-1-4-3-13-10(12)14-6(4)7(5)15-17-8/h3H,1-2H2,(H2,11,16)(H2,12,13,14). The largest absolute Gasteiger partial charge is 0.368 e. The number of carbonyl (C=O) groups excluding carboxylic acids is 1. The average molecular weight is 231 g/mol. The summed E-state index contributed by atoms with van der Waals surface area (Å²) in [6, 6.07) is 0. The van der Waals surface area contributed by atoms with Crippen LogP contribution in [0.3, 0.4) is 0 Å². The molecule has 3 rings (SSSR count). The fourth-order valence-electron chi connectivity index (χ4n) is 1.99. The lowest BCUT2D eigenvalue weighted by Crippen LogP contribution is -2.15. The van der Waals surface area contributed by atoms with E-state index in [2.05, 4.69) is 15.1 Å². The Morgan fingerprint density at radius 2 is 2.18 bits per heavy atom. The van der Waals surface area contributed by atoms with Gasteiger partial charge in [0.15, 0.2) is 0 Å². The molecule has 2 aromatic heterocycles. The van der Waals surface area contributed by atoms with Gasteiger partial charge >= 0.3 is 0 Å². The molecular formula is C10H9N5O2. The molecule has 1 amide bonds. The first-order chi connectivity index (χ1) is 8.16. The van der Waals surface area contributed by atoms with Crippen LogP contribution >= 0.6 is 0 Å². The SMILES string of the molecule is NC(=O)c1onc2c1CCc1cnc(N)nc1-2. The summed E-state index contributed by atoms with van der Waals surface area (Å²) in [6.07, 6.45) is 3.01. The highest BCUT2D eigenvalue weighted by atomic mass is 16.5. The molecule has 1 aliphatic carbocycles. The molecule has 2 heterocycles. The summed E-state index contributed by atoms with van der Waals surface area (Å²) in [4.78, 5) is 19.2. The lowest BCUT2D eigenvalue weighted by molar-refractivity contribution is 0.0964. The summed E-state index contributed by atoms with van der Waals surface area (Å²) in [5, 5.41) is 3.84. The number of hydrogen-bond acceptors (Lipinski definition) is 6. The van der Waals surface area contributed by atoms with Crippen molar-refractivity contribution in [2.75, 3.05) is 5.73 Å². The summed E-state index contributed by atoms with van der Waals surface area (Å²) in [5.41, 5.74) is 13.5. The van der Waals surface area contributed by atoms with Crippen LogP contribution in [0.5, 0.6) is 0 Å². The Balaban J connectivity index is 2.23. The predicted octanol–water partition coefficient (Wildman–Crippen LogP) is -0.0887. The first-order valence-corrected chi connectivity index (χ1v) is 5.07. The zero-order valence-corrected chi connectivity index (χ0v) is 8.80. The zero-order chi connectivity index (χ0) is 12.0. The van der Waals surface area contributed by atoms with Crippen LogP contribution in [-0.2, 0) is 12.8 Å². The molecule has 17 heavy (non-hydrogen) atoms. The number of anilines is 1. The molecule has 0 unspecified atom stereocenters. The van der Waals surface area contributed by atoms with Gasteiger partial charge in [-0.1, -0.05) is 5.16 Å². The van der Waals surface area contributed by atoms with Crippen LogP contribution in [0.25, 0.3) is 11.4 Å². The third-order valence-corrected chi connectivity index (χ3v) is 2.76. The molecule has 0 atom stereocenters. The molecule has 0 fully saturated rings. The van der Waals surface area contributed by atoms with Crippen molar-refractivity contribution in [2.45, 2.75) is 12.8 Å². The first kappa shape index (κ1) is 9.76. The van der Waals surface area contributed by atoms with Crippen LogP contribution in [0.2, 0.25) is 0 Å². The minimum absolute atomic E-state index is 0.0998. The summed E-state index contributed by atoms with van der Waals surface area (Å²) >= 11 is 0. The van der Waals surface area contributed by atoms with E-state index in [0.29, 0.717) is 29.8 Å². The summed E-state index contributed by atoms with van der Waals surface area (Å²) < 4.78 is 4.95. The van der Waals surface area contributed by atoms with Crippen molar-refractivity contribution in [1.82, 2.24) is 15.1 Å². The maximum absolute atomic E-state index is 11.1. The van der Waals surface area contributed by atoms with E-state index in [4.69, 9.17) is 16.0 Å². The third-order valence-electron chi connectivity index (χ3n) is 2.76. The number of nitrogens with two attached hydrogens (primary N) is 2. The molecule has 0 saturated heterocycles. The van der Waals surface area contributed by atoms with Gasteiger partial charge in [0.1, 0.15) is 11.4 Å². The van der Waals surface area contributed by atoms with E-state index in [1.54, 1.807) is 6.20 Å². The lowest BCUT2D eigenvalue weighted by atomic mass is 9.93. The van der Waals surface area contributed by atoms with Crippen molar-refractivity contribution in [1.29, 1.82) is 0 Å². The number of primary amides is 1. The molecule has 4 N–H and O–H groups in total. The zero-order valence-electron chi connectivity index (χ0n) is 8.80. The van der Waals surface area contributed by atoms with Gasteiger partial charge in [-0.2, -0.15) is 0 Å². The molecule has 86 valence electrons. The quantitative estimate of drug-likeness (QED) is 0.707. The molecule has 7 heteroatoms. The Morgan fingerprint density at radius 1 is 1.35 bits per heavy atom. The molecule has 0 aromatic carbocycles. The fourth-order valence-corrected chi connectivity index (χ4v) is 1.99. The molecule has 0 saturated carbocycles. The molecule has 0 aliphatic heterocycles. The van der Waals surface area contributed by atoms with Gasteiger partial charge < -0.3 is 16.0 Å². The van der Waals surface area contributed by atoms with Gasteiger partial charge in [-0.25, -0.2) is 9.97 Å². The topological polar surface area (TPSA) is 121 Å². The van der Waals surface area contributed by atoms with E-state index in [1.165, 1.54) is 0 Å². The average Bonchev–Trinajstić information content (AvgIpc) is 2.72. The van der Waals surface area contributed by atoms with Gasteiger partial charge in [-0.3, -0.25) is 4.79 Å². The smallest absolute Gasteiger partial charge is 0.287 e.